The Bertz CT molecular complexity index is 398. The molecule has 4 heteroatoms. The van der Waals surface area contributed by atoms with Crippen molar-refractivity contribution in [1.29, 1.82) is 0 Å². The van der Waals surface area contributed by atoms with Crippen LogP contribution < -0.4 is 5.32 Å². The van der Waals surface area contributed by atoms with Crippen LogP contribution in [0.15, 0.2) is 18.5 Å². The average Bonchev–Trinajstić information content (AvgIpc) is 2.26. The number of terminal acetylenes is 1. The molecule has 0 saturated carbocycles. The molecular weight excluding hydrogens is 195 g/mol. The van der Waals surface area contributed by atoms with Crippen molar-refractivity contribution in [3.8, 4) is 12.3 Å². The summed E-state index contributed by atoms with van der Waals surface area (Å²) in [5.41, 5.74) is -0.0429. The summed E-state index contributed by atoms with van der Waals surface area (Å²) in [6.07, 6.45) is 8.13. The van der Waals surface area contributed by atoms with Gasteiger partial charge >= 0.3 is 0 Å². The average molecular weight is 206 g/mol. The lowest BCUT2D eigenvalue weighted by Crippen LogP contribution is -2.33. The molecule has 0 aromatic carbocycles. The molecule has 1 heterocycles. The number of carbonyl (C=O) groups excluding carboxylic acids is 1. The second-order valence-corrected chi connectivity index (χ2v) is 2.96. The molecule has 78 valence electrons. The minimum atomic E-state index is -0.651. The molecular formula is C11H11FN2O. The number of nitrogens with one attached hydrogen (secondary N) is 1. The SMILES string of the molecule is C#CC(CC)NC(=O)c1ccncc1F. The van der Waals surface area contributed by atoms with E-state index in [2.05, 4.69) is 16.2 Å². The fourth-order valence-corrected chi connectivity index (χ4v) is 1.06. The first-order valence-corrected chi connectivity index (χ1v) is 4.55. The predicted molar refractivity (Wildman–Crippen MR) is 54.6 cm³/mol. The summed E-state index contributed by atoms with van der Waals surface area (Å²) in [5.74, 6) is 1.24. The zero-order valence-corrected chi connectivity index (χ0v) is 8.33. The summed E-state index contributed by atoms with van der Waals surface area (Å²) in [4.78, 5) is 15.1. The second-order valence-electron chi connectivity index (χ2n) is 2.96. The molecule has 1 N–H and O–H groups in total. The molecule has 0 aliphatic heterocycles. The van der Waals surface area contributed by atoms with Crippen LogP contribution in [-0.4, -0.2) is 16.9 Å². The van der Waals surface area contributed by atoms with Gasteiger partial charge in [-0.2, -0.15) is 0 Å². The van der Waals surface area contributed by atoms with E-state index in [4.69, 9.17) is 6.42 Å². The van der Waals surface area contributed by atoms with Gasteiger partial charge in [-0.3, -0.25) is 9.78 Å². The van der Waals surface area contributed by atoms with Crippen molar-refractivity contribution in [3.05, 3.63) is 29.8 Å². The Morgan fingerprint density at radius 1 is 1.80 bits per heavy atom. The first kappa shape index (κ1) is 11.2. The molecule has 1 aromatic heterocycles. The van der Waals surface area contributed by atoms with Crippen molar-refractivity contribution in [3.63, 3.8) is 0 Å². The third-order valence-corrected chi connectivity index (χ3v) is 1.93. The van der Waals surface area contributed by atoms with Gasteiger partial charge in [-0.25, -0.2) is 4.39 Å². The zero-order chi connectivity index (χ0) is 11.3. The molecule has 0 fully saturated rings. The topological polar surface area (TPSA) is 42.0 Å². The number of hydrogen-bond donors (Lipinski definition) is 1. The van der Waals surface area contributed by atoms with Crippen molar-refractivity contribution < 1.29 is 9.18 Å². The Morgan fingerprint density at radius 2 is 2.53 bits per heavy atom. The largest absolute Gasteiger partial charge is 0.338 e. The quantitative estimate of drug-likeness (QED) is 0.759. The van der Waals surface area contributed by atoms with E-state index in [-0.39, 0.29) is 11.6 Å². The minimum absolute atomic E-state index is 0.0429. The summed E-state index contributed by atoms with van der Waals surface area (Å²) in [6, 6.07) is 0.943. The highest BCUT2D eigenvalue weighted by Gasteiger charge is 2.13. The predicted octanol–water partition coefficient (Wildman–Crippen LogP) is 1.36. The van der Waals surface area contributed by atoms with Crippen LogP contribution in [0.4, 0.5) is 4.39 Å². The monoisotopic (exact) mass is 206 g/mol. The van der Waals surface area contributed by atoms with Gasteiger partial charge in [-0.1, -0.05) is 12.8 Å². The van der Waals surface area contributed by atoms with E-state index in [1.165, 1.54) is 12.3 Å². The van der Waals surface area contributed by atoms with Gasteiger partial charge in [-0.05, 0) is 12.5 Å². The van der Waals surface area contributed by atoms with Gasteiger partial charge in [-0.15, -0.1) is 6.42 Å². The number of carbonyl (C=O) groups is 1. The Hall–Kier alpha value is -1.89. The molecule has 1 atom stereocenters. The smallest absolute Gasteiger partial charge is 0.255 e. The lowest BCUT2D eigenvalue weighted by atomic mass is 10.2. The van der Waals surface area contributed by atoms with Crippen LogP contribution in [0.25, 0.3) is 0 Å². The molecule has 0 bridgehead atoms. The normalized spacial score (nSPS) is 11.5. The van der Waals surface area contributed by atoms with E-state index in [0.29, 0.717) is 6.42 Å². The summed E-state index contributed by atoms with van der Waals surface area (Å²) in [5, 5.41) is 2.53. The number of pyridine rings is 1. The van der Waals surface area contributed by atoms with Gasteiger partial charge in [0.05, 0.1) is 17.8 Å². The Kier molecular flexibility index (Phi) is 3.81. The van der Waals surface area contributed by atoms with E-state index in [9.17, 15) is 9.18 Å². The number of amides is 1. The molecule has 1 unspecified atom stereocenters. The third kappa shape index (κ3) is 2.78. The molecule has 0 aliphatic rings. The van der Waals surface area contributed by atoms with Gasteiger partial charge in [0.2, 0.25) is 0 Å². The van der Waals surface area contributed by atoms with Crippen molar-refractivity contribution in [2.75, 3.05) is 0 Å². The summed E-state index contributed by atoms with van der Waals surface area (Å²) in [7, 11) is 0. The Morgan fingerprint density at radius 3 is 3.07 bits per heavy atom. The van der Waals surface area contributed by atoms with E-state index in [0.717, 1.165) is 6.20 Å². The van der Waals surface area contributed by atoms with Crippen LogP contribution >= 0.6 is 0 Å². The fourth-order valence-electron chi connectivity index (χ4n) is 1.06. The maximum Gasteiger partial charge on any atom is 0.255 e. The van der Waals surface area contributed by atoms with Crippen LogP contribution in [0.3, 0.4) is 0 Å². The maximum atomic E-state index is 13.1. The van der Waals surface area contributed by atoms with Crippen LogP contribution in [0.1, 0.15) is 23.7 Å². The van der Waals surface area contributed by atoms with Gasteiger partial charge in [0.1, 0.15) is 0 Å². The number of aromatic nitrogens is 1. The first-order valence-electron chi connectivity index (χ1n) is 4.55. The van der Waals surface area contributed by atoms with Crippen molar-refractivity contribution in [2.45, 2.75) is 19.4 Å². The number of rotatable bonds is 3. The zero-order valence-electron chi connectivity index (χ0n) is 8.33. The molecule has 3 nitrogen and oxygen atoms in total. The molecule has 1 rings (SSSR count). The highest BCUT2D eigenvalue weighted by atomic mass is 19.1. The van der Waals surface area contributed by atoms with E-state index in [1.807, 2.05) is 6.92 Å². The standard InChI is InChI=1S/C11H11FN2O/c1-3-8(4-2)14-11(15)9-5-6-13-7-10(9)12/h1,5-8H,4H2,2H3,(H,14,15). The van der Waals surface area contributed by atoms with Gasteiger partial charge in [0, 0.05) is 6.20 Å². The van der Waals surface area contributed by atoms with E-state index >= 15 is 0 Å². The number of nitrogens with zero attached hydrogens (tertiary/aromatic N) is 1. The maximum absolute atomic E-state index is 13.1. The summed E-state index contributed by atoms with van der Waals surface area (Å²) < 4.78 is 13.1. The molecule has 0 saturated heterocycles. The third-order valence-electron chi connectivity index (χ3n) is 1.93. The molecule has 1 aromatic rings. The molecule has 0 aliphatic carbocycles. The highest BCUT2D eigenvalue weighted by molar-refractivity contribution is 5.94. The van der Waals surface area contributed by atoms with E-state index in [1.54, 1.807) is 0 Å². The van der Waals surface area contributed by atoms with Gasteiger partial charge in [0.25, 0.3) is 5.91 Å². The molecule has 0 radical (unpaired) electrons. The Balaban J connectivity index is 2.79. The van der Waals surface area contributed by atoms with Crippen LogP contribution in [0, 0.1) is 18.2 Å². The first-order chi connectivity index (χ1) is 7.19. The van der Waals surface area contributed by atoms with Crippen LogP contribution in [0.5, 0.6) is 0 Å². The lowest BCUT2D eigenvalue weighted by Gasteiger charge is -2.10. The summed E-state index contributed by atoms with van der Waals surface area (Å²) in [6.45, 7) is 1.84. The van der Waals surface area contributed by atoms with Gasteiger partial charge < -0.3 is 5.32 Å². The molecule has 0 spiro atoms. The second kappa shape index (κ2) is 5.11. The minimum Gasteiger partial charge on any atom is -0.338 e. The number of halogens is 1. The molecule has 15 heavy (non-hydrogen) atoms. The number of hydrogen-bond acceptors (Lipinski definition) is 2. The van der Waals surface area contributed by atoms with Crippen LogP contribution in [-0.2, 0) is 0 Å². The fraction of sp³-hybridized carbons (Fsp3) is 0.273. The van der Waals surface area contributed by atoms with Crippen molar-refractivity contribution in [2.24, 2.45) is 0 Å². The highest BCUT2D eigenvalue weighted by Crippen LogP contribution is 2.04. The summed E-state index contributed by atoms with van der Waals surface area (Å²) >= 11 is 0. The van der Waals surface area contributed by atoms with Crippen LogP contribution in [0.2, 0.25) is 0 Å². The van der Waals surface area contributed by atoms with Crippen molar-refractivity contribution in [1.82, 2.24) is 10.3 Å². The van der Waals surface area contributed by atoms with Gasteiger partial charge in [0.15, 0.2) is 5.82 Å². The lowest BCUT2D eigenvalue weighted by molar-refractivity contribution is 0.0941. The Labute approximate surface area is 87.7 Å². The van der Waals surface area contributed by atoms with E-state index < -0.39 is 11.7 Å². The van der Waals surface area contributed by atoms with Crippen molar-refractivity contribution >= 4 is 5.91 Å². The molecule has 1 amide bonds.